The maximum Gasteiger partial charge on any atom is 0.303 e. The maximum atomic E-state index is 12.3. The summed E-state index contributed by atoms with van der Waals surface area (Å²) in [6, 6.07) is 19.3. The predicted molar refractivity (Wildman–Crippen MR) is 95.3 cm³/mol. The molecular weight excluding hydrogens is 316 g/mol. The number of hydrazone groups is 1. The molecule has 1 amide bonds. The van der Waals surface area contributed by atoms with Crippen LogP contribution in [0.2, 0.25) is 0 Å². The van der Waals surface area contributed by atoms with E-state index < -0.39 is 5.97 Å². The lowest BCUT2D eigenvalue weighted by Crippen LogP contribution is -2.22. The lowest BCUT2D eigenvalue weighted by atomic mass is 10.1. The van der Waals surface area contributed by atoms with Crippen LogP contribution < -0.4 is 5.43 Å². The molecule has 0 aromatic heterocycles. The number of carbonyl (C=O) groups excluding carboxylic acids is 1. The zero-order valence-corrected chi connectivity index (χ0v) is 13.8. The lowest BCUT2D eigenvalue weighted by molar-refractivity contribution is -0.136. The first-order valence-electron chi connectivity index (χ1n) is 8.33. The first-order chi connectivity index (χ1) is 12.1. The van der Waals surface area contributed by atoms with Crippen molar-refractivity contribution in [3.05, 3.63) is 71.8 Å². The molecule has 0 spiro atoms. The van der Waals surface area contributed by atoms with Crippen LogP contribution >= 0.6 is 0 Å². The van der Waals surface area contributed by atoms with Crippen molar-refractivity contribution in [1.82, 2.24) is 5.43 Å². The third-order valence-electron chi connectivity index (χ3n) is 4.34. The quantitative estimate of drug-likeness (QED) is 0.602. The van der Waals surface area contributed by atoms with Crippen molar-refractivity contribution in [2.24, 2.45) is 11.0 Å². The van der Waals surface area contributed by atoms with Crippen molar-refractivity contribution in [2.45, 2.75) is 25.2 Å². The summed E-state index contributed by atoms with van der Waals surface area (Å²) < 4.78 is 0. The second-order valence-corrected chi connectivity index (χ2v) is 6.15. The summed E-state index contributed by atoms with van der Waals surface area (Å²) in [5.74, 6) is -0.822. The monoisotopic (exact) mass is 336 g/mol. The Balaban J connectivity index is 1.65. The van der Waals surface area contributed by atoms with Crippen LogP contribution in [0.25, 0.3) is 0 Å². The van der Waals surface area contributed by atoms with Crippen molar-refractivity contribution in [3.8, 4) is 0 Å². The highest BCUT2D eigenvalue weighted by Gasteiger charge is 2.43. The molecule has 1 aliphatic carbocycles. The molecule has 0 unspecified atom stereocenters. The highest BCUT2D eigenvalue weighted by Crippen LogP contribution is 2.47. The normalized spacial score (nSPS) is 19.3. The molecule has 2 atom stereocenters. The second kappa shape index (κ2) is 7.75. The highest BCUT2D eigenvalue weighted by atomic mass is 16.4. The van der Waals surface area contributed by atoms with E-state index in [0.29, 0.717) is 5.71 Å². The predicted octanol–water partition coefficient (Wildman–Crippen LogP) is 3.18. The standard InChI is InChI=1S/C20H20N2O3/c23-19(24)12-11-18(15-9-5-2-6-10-15)21-22-20(25)17-13-16(17)14-7-3-1-4-8-14/h1-10,16-17H,11-13H2,(H,22,25)(H,23,24)/b21-18-/t16-,17+/m0/s1. The number of carboxylic acid groups (broad SMARTS) is 1. The Labute approximate surface area is 146 Å². The van der Waals surface area contributed by atoms with Gasteiger partial charge in [0.1, 0.15) is 0 Å². The fourth-order valence-corrected chi connectivity index (χ4v) is 2.88. The van der Waals surface area contributed by atoms with E-state index in [0.717, 1.165) is 12.0 Å². The van der Waals surface area contributed by atoms with Crippen LogP contribution in [0.4, 0.5) is 0 Å². The van der Waals surface area contributed by atoms with E-state index in [1.54, 1.807) is 0 Å². The molecule has 5 nitrogen and oxygen atoms in total. The van der Waals surface area contributed by atoms with Gasteiger partial charge in [0.15, 0.2) is 0 Å². The lowest BCUT2D eigenvalue weighted by Gasteiger charge is -2.06. The summed E-state index contributed by atoms with van der Waals surface area (Å²) in [6.07, 6.45) is 1.06. The number of aliphatic carboxylic acids is 1. The second-order valence-electron chi connectivity index (χ2n) is 6.15. The van der Waals surface area contributed by atoms with Gasteiger partial charge in [0.05, 0.1) is 12.1 Å². The molecule has 2 aromatic rings. The zero-order valence-electron chi connectivity index (χ0n) is 13.8. The minimum atomic E-state index is -0.888. The van der Waals surface area contributed by atoms with E-state index >= 15 is 0 Å². The average molecular weight is 336 g/mol. The number of carbonyl (C=O) groups is 2. The molecule has 1 saturated carbocycles. The third-order valence-corrected chi connectivity index (χ3v) is 4.34. The molecule has 0 radical (unpaired) electrons. The zero-order chi connectivity index (χ0) is 17.6. The number of benzene rings is 2. The summed E-state index contributed by atoms with van der Waals surface area (Å²) in [6.45, 7) is 0. The van der Waals surface area contributed by atoms with Crippen LogP contribution in [0.3, 0.4) is 0 Å². The van der Waals surface area contributed by atoms with Crippen LogP contribution in [0.15, 0.2) is 65.8 Å². The van der Waals surface area contributed by atoms with Crippen LogP contribution in [-0.2, 0) is 9.59 Å². The van der Waals surface area contributed by atoms with Crippen LogP contribution in [0, 0.1) is 5.92 Å². The summed E-state index contributed by atoms with van der Waals surface area (Å²) in [5.41, 5.74) is 5.19. The summed E-state index contributed by atoms with van der Waals surface area (Å²) in [4.78, 5) is 23.2. The Morgan fingerprint density at radius 1 is 1.00 bits per heavy atom. The minimum Gasteiger partial charge on any atom is -0.481 e. The summed E-state index contributed by atoms with van der Waals surface area (Å²) in [7, 11) is 0. The number of nitrogens with one attached hydrogen (secondary N) is 1. The van der Waals surface area contributed by atoms with Crippen molar-refractivity contribution >= 4 is 17.6 Å². The molecule has 25 heavy (non-hydrogen) atoms. The van der Waals surface area contributed by atoms with Crippen molar-refractivity contribution < 1.29 is 14.7 Å². The number of rotatable bonds is 7. The van der Waals surface area contributed by atoms with Gasteiger partial charge in [-0.05, 0) is 23.5 Å². The molecule has 1 fully saturated rings. The number of hydrogen-bond acceptors (Lipinski definition) is 3. The molecule has 128 valence electrons. The average Bonchev–Trinajstić information content (AvgIpc) is 3.44. The molecule has 1 aliphatic rings. The summed E-state index contributed by atoms with van der Waals surface area (Å²) >= 11 is 0. The van der Waals surface area contributed by atoms with E-state index in [1.807, 2.05) is 60.7 Å². The minimum absolute atomic E-state index is 0.0281. The van der Waals surface area contributed by atoms with E-state index in [1.165, 1.54) is 5.56 Å². The van der Waals surface area contributed by atoms with E-state index in [-0.39, 0.29) is 30.6 Å². The van der Waals surface area contributed by atoms with Gasteiger partial charge in [-0.3, -0.25) is 9.59 Å². The first kappa shape index (κ1) is 16.9. The van der Waals surface area contributed by atoms with Crippen LogP contribution in [0.5, 0.6) is 0 Å². The Hall–Kier alpha value is -2.95. The molecule has 2 aromatic carbocycles. The van der Waals surface area contributed by atoms with Gasteiger partial charge in [0.25, 0.3) is 0 Å². The highest BCUT2D eigenvalue weighted by molar-refractivity contribution is 6.02. The first-order valence-corrected chi connectivity index (χ1v) is 8.33. The number of nitrogens with zero attached hydrogens (tertiary/aromatic N) is 1. The molecule has 0 aliphatic heterocycles. The van der Waals surface area contributed by atoms with Crippen LogP contribution in [-0.4, -0.2) is 22.7 Å². The number of amides is 1. The molecule has 3 rings (SSSR count). The van der Waals surface area contributed by atoms with E-state index in [2.05, 4.69) is 10.5 Å². The van der Waals surface area contributed by atoms with Crippen LogP contribution in [0.1, 0.15) is 36.3 Å². The van der Waals surface area contributed by atoms with Gasteiger partial charge in [-0.1, -0.05) is 60.7 Å². The topological polar surface area (TPSA) is 78.8 Å². The fourth-order valence-electron chi connectivity index (χ4n) is 2.88. The molecule has 2 N–H and O–H groups in total. The Morgan fingerprint density at radius 3 is 2.28 bits per heavy atom. The molecule has 0 bridgehead atoms. The largest absolute Gasteiger partial charge is 0.481 e. The molecule has 0 heterocycles. The van der Waals surface area contributed by atoms with Crippen molar-refractivity contribution in [1.29, 1.82) is 0 Å². The van der Waals surface area contributed by atoms with E-state index in [4.69, 9.17) is 5.11 Å². The molecule has 0 saturated heterocycles. The van der Waals surface area contributed by atoms with Gasteiger partial charge in [0.2, 0.25) is 5.91 Å². The van der Waals surface area contributed by atoms with Gasteiger partial charge in [0, 0.05) is 12.3 Å². The maximum absolute atomic E-state index is 12.3. The Bertz CT molecular complexity index is 772. The van der Waals surface area contributed by atoms with Crippen molar-refractivity contribution in [2.75, 3.05) is 0 Å². The Morgan fingerprint density at radius 2 is 1.64 bits per heavy atom. The molecule has 5 heteroatoms. The number of hydrogen-bond donors (Lipinski definition) is 2. The van der Waals surface area contributed by atoms with Gasteiger partial charge >= 0.3 is 5.97 Å². The SMILES string of the molecule is O=C(O)CC/C(=N/NC(=O)[C@@H]1C[C@H]1c1ccccc1)c1ccccc1. The third kappa shape index (κ3) is 4.53. The van der Waals surface area contributed by atoms with E-state index in [9.17, 15) is 9.59 Å². The van der Waals surface area contributed by atoms with Gasteiger partial charge in [-0.25, -0.2) is 5.43 Å². The summed E-state index contributed by atoms with van der Waals surface area (Å²) in [5, 5.41) is 13.1. The fraction of sp³-hybridized carbons (Fsp3) is 0.250. The van der Waals surface area contributed by atoms with Gasteiger partial charge in [-0.15, -0.1) is 0 Å². The van der Waals surface area contributed by atoms with Crippen molar-refractivity contribution in [3.63, 3.8) is 0 Å². The smallest absolute Gasteiger partial charge is 0.303 e. The molecular formula is C20H20N2O3. The Kier molecular flexibility index (Phi) is 5.23. The van der Waals surface area contributed by atoms with Gasteiger partial charge < -0.3 is 5.11 Å². The number of carboxylic acids is 1. The van der Waals surface area contributed by atoms with Gasteiger partial charge in [-0.2, -0.15) is 5.10 Å².